The zero-order valence-electron chi connectivity index (χ0n) is 22.9. The van der Waals surface area contributed by atoms with E-state index in [0.717, 1.165) is 75.0 Å². The summed E-state index contributed by atoms with van der Waals surface area (Å²) in [7, 11) is 0. The van der Waals surface area contributed by atoms with Gasteiger partial charge in [-0.25, -0.2) is 0 Å². The Kier molecular flexibility index (Phi) is 11.1. The van der Waals surface area contributed by atoms with Crippen molar-refractivity contribution in [2.45, 2.75) is 77.7 Å². The van der Waals surface area contributed by atoms with Crippen LogP contribution in [0.1, 0.15) is 77.7 Å². The number of nitrogens with one attached hydrogen (secondary N) is 3. The number of rotatable bonds is 2. The lowest BCUT2D eigenvalue weighted by Gasteiger charge is -2.31. The highest BCUT2D eigenvalue weighted by molar-refractivity contribution is 6.09. The molecule has 1 heterocycles. The molecule has 1 aliphatic carbocycles. The van der Waals surface area contributed by atoms with Crippen molar-refractivity contribution in [3.8, 4) is 0 Å². The predicted octanol–water partition coefficient (Wildman–Crippen LogP) is 5.59. The second-order valence-corrected chi connectivity index (χ2v) is 10.6. The van der Waals surface area contributed by atoms with Gasteiger partial charge in [0.25, 0.3) is 0 Å². The molecule has 1 aliphatic heterocycles. The minimum Gasteiger partial charge on any atom is -0.385 e. The Morgan fingerprint density at radius 3 is 2.86 bits per heavy atom. The Balaban J connectivity index is 1.85. The van der Waals surface area contributed by atoms with Crippen molar-refractivity contribution in [3.05, 3.63) is 71.3 Å². The smallest absolute Gasteiger partial charge is 0.219 e. The van der Waals surface area contributed by atoms with E-state index in [1.165, 1.54) is 5.57 Å². The van der Waals surface area contributed by atoms with E-state index in [9.17, 15) is 4.79 Å². The average molecular weight is 504 g/mol. The minimum atomic E-state index is -0.257. The Morgan fingerprint density at radius 2 is 2.03 bits per heavy atom. The average Bonchev–Trinajstić information content (AvgIpc) is 2.86. The van der Waals surface area contributed by atoms with Crippen LogP contribution in [0.5, 0.6) is 0 Å². The maximum absolute atomic E-state index is 12.2. The molecule has 6 nitrogen and oxygen atoms in total. The summed E-state index contributed by atoms with van der Waals surface area (Å²) in [5, 5.41) is 10.0. The van der Waals surface area contributed by atoms with Crippen molar-refractivity contribution in [1.29, 1.82) is 0 Å². The van der Waals surface area contributed by atoms with Crippen LogP contribution in [-0.4, -0.2) is 36.8 Å². The van der Waals surface area contributed by atoms with Crippen LogP contribution in [0.4, 0.5) is 5.69 Å². The number of amides is 1. The molecule has 3 rings (SSSR count). The van der Waals surface area contributed by atoms with Gasteiger partial charge in [0.15, 0.2) is 0 Å². The van der Waals surface area contributed by atoms with E-state index in [-0.39, 0.29) is 11.4 Å². The van der Waals surface area contributed by atoms with Gasteiger partial charge in [-0.1, -0.05) is 62.8 Å². The molecule has 2 atom stereocenters. The number of carbonyl (C=O) groups excluding carboxylic acids is 1. The highest BCUT2D eigenvalue weighted by Crippen LogP contribution is 2.27. The Morgan fingerprint density at radius 1 is 1.19 bits per heavy atom. The lowest BCUT2D eigenvalue weighted by molar-refractivity contribution is -0.121. The molecule has 0 fully saturated rings. The zero-order chi connectivity index (χ0) is 26.5. The van der Waals surface area contributed by atoms with Gasteiger partial charge in [0.05, 0.1) is 11.3 Å². The zero-order valence-corrected chi connectivity index (χ0v) is 22.9. The number of fused-ring (bicyclic) bond motifs is 3. The summed E-state index contributed by atoms with van der Waals surface area (Å²) < 4.78 is 0. The van der Waals surface area contributed by atoms with Gasteiger partial charge >= 0.3 is 0 Å². The van der Waals surface area contributed by atoms with Gasteiger partial charge in [0.1, 0.15) is 5.82 Å². The van der Waals surface area contributed by atoms with Crippen LogP contribution in [0.2, 0.25) is 0 Å². The highest BCUT2D eigenvalue weighted by Gasteiger charge is 2.23. The fraction of sp³-hybridized carbons (Fsp3) is 0.516. The molecule has 37 heavy (non-hydrogen) atoms. The molecule has 1 amide bonds. The van der Waals surface area contributed by atoms with Gasteiger partial charge in [0, 0.05) is 43.4 Å². The number of nitrogens with two attached hydrogens (primary N) is 1. The lowest BCUT2D eigenvalue weighted by Crippen LogP contribution is -2.42. The monoisotopic (exact) mass is 503 g/mol. The molecule has 200 valence electrons. The van der Waals surface area contributed by atoms with Crippen LogP contribution in [-0.2, 0) is 4.79 Å². The minimum absolute atomic E-state index is 0.154. The van der Waals surface area contributed by atoms with Crippen molar-refractivity contribution >= 4 is 17.3 Å². The molecule has 1 aromatic rings. The van der Waals surface area contributed by atoms with Crippen molar-refractivity contribution in [3.63, 3.8) is 0 Å². The number of aliphatic imine (C=N–C) groups is 1. The van der Waals surface area contributed by atoms with E-state index in [0.29, 0.717) is 24.7 Å². The normalized spacial score (nSPS) is 25.3. The Labute approximate surface area is 223 Å². The number of allylic oxidation sites excluding steroid dienone is 3. The van der Waals surface area contributed by atoms with Gasteiger partial charge in [0.2, 0.25) is 5.91 Å². The third-order valence-corrected chi connectivity index (χ3v) is 6.77. The summed E-state index contributed by atoms with van der Waals surface area (Å²) in [5.41, 5.74) is 13.6. The van der Waals surface area contributed by atoms with Gasteiger partial charge < -0.3 is 21.7 Å². The van der Waals surface area contributed by atoms with E-state index in [2.05, 4.69) is 78.9 Å². The molecule has 0 radical (unpaired) electrons. The summed E-state index contributed by atoms with van der Waals surface area (Å²) in [4.78, 5) is 17.0. The van der Waals surface area contributed by atoms with Crippen LogP contribution in [0.15, 0.2) is 70.7 Å². The predicted molar refractivity (Wildman–Crippen MR) is 156 cm³/mol. The van der Waals surface area contributed by atoms with E-state index in [1.807, 2.05) is 12.1 Å². The first-order valence-electron chi connectivity index (χ1n) is 13.9. The Hall–Kier alpha value is -3.24. The molecular weight excluding hydrogens is 458 g/mol. The molecule has 0 aromatic heterocycles. The van der Waals surface area contributed by atoms with Crippen LogP contribution in [0, 0.1) is 5.92 Å². The van der Waals surface area contributed by atoms with Crippen LogP contribution >= 0.6 is 0 Å². The summed E-state index contributed by atoms with van der Waals surface area (Å²) in [6.07, 6.45) is 16.1. The SMILES string of the molecule is CCCN=C1C=C=C(N)NC2(C)C=C(C=CC2)CC(C)CCCCC(=O)NCCCNc2cccc1c2. The van der Waals surface area contributed by atoms with E-state index in [1.54, 1.807) is 0 Å². The van der Waals surface area contributed by atoms with Crippen LogP contribution in [0.25, 0.3) is 0 Å². The van der Waals surface area contributed by atoms with Crippen molar-refractivity contribution in [1.82, 2.24) is 10.6 Å². The van der Waals surface area contributed by atoms with Gasteiger partial charge in [-0.15, -0.1) is 0 Å². The summed E-state index contributed by atoms with van der Waals surface area (Å²) in [5.74, 6) is 1.23. The first kappa shape index (κ1) is 28.3. The first-order valence-corrected chi connectivity index (χ1v) is 13.9. The van der Waals surface area contributed by atoms with E-state index >= 15 is 0 Å². The molecule has 2 aliphatic rings. The molecule has 6 heteroatoms. The second-order valence-electron chi connectivity index (χ2n) is 10.6. The van der Waals surface area contributed by atoms with Gasteiger partial charge in [-0.05, 0) is 62.7 Å². The quantitative estimate of drug-likeness (QED) is 0.396. The standard InChI is InChI=1S/C31H45N5O/c1-4-18-34-28-15-16-29(32)36-31(3)17-8-11-25(23-31)21-24(2)10-5-6-14-30(37)35-20-9-19-33-27-13-7-12-26(28)22-27/h7-8,11-13,15,22-24,33,36H,4-6,9-10,14,17-21,32H2,1-3H3,(H,35,37). The van der Waals surface area contributed by atoms with Crippen LogP contribution < -0.4 is 21.7 Å². The maximum atomic E-state index is 12.2. The molecule has 4 bridgehead atoms. The number of carbonyl (C=O) groups is 1. The Bertz CT molecular complexity index is 1060. The third kappa shape index (κ3) is 9.97. The molecule has 0 saturated carbocycles. The first-order chi connectivity index (χ1) is 17.9. The molecular formula is C31H45N5O. The number of hydrogen-bond donors (Lipinski definition) is 4. The topological polar surface area (TPSA) is 91.5 Å². The van der Waals surface area contributed by atoms with E-state index in [4.69, 9.17) is 10.7 Å². The van der Waals surface area contributed by atoms with Crippen molar-refractivity contribution in [2.24, 2.45) is 16.6 Å². The maximum Gasteiger partial charge on any atom is 0.219 e. The van der Waals surface area contributed by atoms with Gasteiger partial charge in [-0.2, -0.15) is 0 Å². The summed E-state index contributed by atoms with van der Waals surface area (Å²) >= 11 is 0. The second kappa shape index (κ2) is 14.5. The molecule has 0 spiro atoms. The molecule has 0 saturated heterocycles. The fourth-order valence-corrected chi connectivity index (χ4v) is 4.84. The van der Waals surface area contributed by atoms with Gasteiger partial charge in [-0.3, -0.25) is 9.79 Å². The van der Waals surface area contributed by atoms with Crippen molar-refractivity contribution < 1.29 is 4.79 Å². The number of benzene rings is 1. The number of hydrogen-bond acceptors (Lipinski definition) is 5. The van der Waals surface area contributed by atoms with E-state index < -0.39 is 0 Å². The molecule has 1 aromatic carbocycles. The lowest BCUT2D eigenvalue weighted by atomic mass is 9.85. The van der Waals surface area contributed by atoms with Crippen molar-refractivity contribution in [2.75, 3.05) is 25.0 Å². The highest BCUT2D eigenvalue weighted by atomic mass is 16.1. The summed E-state index contributed by atoms with van der Waals surface area (Å²) in [6.45, 7) is 8.81. The fourth-order valence-electron chi connectivity index (χ4n) is 4.84. The third-order valence-electron chi connectivity index (χ3n) is 6.77. The largest absolute Gasteiger partial charge is 0.385 e. The molecule has 2 unspecified atom stereocenters. The summed E-state index contributed by atoms with van der Waals surface area (Å²) in [6, 6.07) is 8.25. The molecule has 5 N–H and O–H groups in total. The van der Waals surface area contributed by atoms with Crippen LogP contribution in [0.3, 0.4) is 0 Å². The number of nitrogens with zero attached hydrogens (tertiary/aromatic N) is 1. The number of anilines is 1.